The minimum absolute atomic E-state index is 0.0283. The summed E-state index contributed by atoms with van der Waals surface area (Å²) in [4.78, 5) is 23.2. The van der Waals surface area contributed by atoms with Crippen molar-refractivity contribution in [1.82, 2.24) is 20.3 Å². The van der Waals surface area contributed by atoms with Gasteiger partial charge in [0.2, 0.25) is 11.6 Å². The smallest absolute Gasteiger partial charge is 0.363 e. The van der Waals surface area contributed by atoms with Crippen LogP contribution in [0.25, 0.3) is 0 Å². The van der Waals surface area contributed by atoms with Gasteiger partial charge in [0.1, 0.15) is 12.6 Å². The summed E-state index contributed by atoms with van der Waals surface area (Å²) >= 11 is 0. The summed E-state index contributed by atoms with van der Waals surface area (Å²) < 4.78 is 6.54. The third kappa shape index (κ3) is 3.25. The van der Waals surface area contributed by atoms with Gasteiger partial charge in [-0.1, -0.05) is 11.6 Å². The zero-order valence-electron chi connectivity index (χ0n) is 11.5. The molecule has 8 nitrogen and oxygen atoms in total. The van der Waals surface area contributed by atoms with Crippen molar-refractivity contribution in [1.29, 1.82) is 0 Å². The number of esters is 1. The van der Waals surface area contributed by atoms with Crippen LogP contribution in [-0.2, 0) is 16.1 Å². The lowest BCUT2D eigenvalue weighted by Gasteiger charge is -2.21. The molecule has 2 rings (SSSR count). The van der Waals surface area contributed by atoms with Crippen molar-refractivity contribution < 1.29 is 14.3 Å². The van der Waals surface area contributed by atoms with Crippen LogP contribution < -0.4 is 11.1 Å². The van der Waals surface area contributed by atoms with Gasteiger partial charge in [-0.3, -0.25) is 4.79 Å². The number of rotatable bonds is 4. The molecule has 3 N–H and O–H groups in total. The summed E-state index contributed by atoms with van der Waals surface area (Å²) in [7, 11) is 1.51. The van der Waals surface area contributed by atoms with Gasteiger partial charge in [-0.25, -0.2) is 9.48 Å². The second-order valence-electron chi connectivity index (χ2n) is 4.82. The Morgan fingerprint density at radius 1 is 1.40 bits per heavy atom. The lowest BCUT2D eigenvalue weighted by molar-refractivity contribution is -0.121. The van der Waals surface area contributed by atoms with E-state index in [1.807, 2.05) is 0 Å². The third-order valence-electron chi connectivity index (χ3n) is 3.36. The Balaban J connectivity index is 2.01. The molecule has 1 heterocycles. The van der Waals surface area contributed by atoms with E-state index in [9.17, 15) is 9.59 Å². The molecule has 0 spiro atoms. The molecule has 8 heteroatoms. The molecule has 0 radical (unpaired) electrons. The van der Waals surface area contributed by atoms with E-state index in [0.29, 0.717) is 0 Å². The van der Waals surface area contributed by atoms with E-state index in [1.165, 1.54) is 18.2 Å². The number of ether oxygens (including phenoxy) is 1. The highest BCUT2D eigenvalue weighted by molar-refractivity contribution is 5.92. The number of carbonyl (C=O) groups excluding carboxylic acids is 2. The van der Waals surface area contributed by atoms with Crippen LogP contribution in [-0.4, -0.2) is 40.0 Å². The number of carbonyl (C=O) groups is 2. The highest BCUT2D eigenvalue weighted by Crippen LogP contribution is 2.22. The molecule has 0 aromatic carbocycles. The molecule has 110 valence electrons. The predicted molar refractivity (Wildman–Crippen MR) is 70.8 cm³/mol. The Hall–Kier alpha value is -2.12. The summed E-state index contributed by atoms with van der Waals surface area (Å²) in [6.07, 6.45) is 4.99. The fourth-order valence-corrected chi connectivity index (χ4v) is 2.19. The predicted octanol–water partition coefficient (Wildman–Crippen LogP) is 0.0958. The number of amides is 1. The normalized spacial score (nSPS) is 15.8. The lowest BCUT2D eigenvalue weighted by Crippen LogP contribution is -2.25. The molecule has 0 unspecified atom stereocenters. The summed E-state index contributed by atoms with van der Waals surface area (Å²) in [5.74, 6) is -0.791. The van der Waals surface area contributed by atoms with Gasteiger partial charge in [-0.15, -0.1) is 5.10 Å². The maximum absolute atomic E-state index is 12.0. The minimum Gasteiger partial charge on any atom is -0.458 e. The molecule has 1 amide bonds. The van der Waals surface area contributed by atoms with Crippen molar-refractivity contribution in [3.63, 3.8) is 0 Å². The number of aromatic nitrogens is 3. The Bertz CT molecular complexity index is 493. The molecule has 1 aromatic heterocycles. The molecular formula is C12H19N5O3. The van der Waals surface area contributed by atoms with Crippen LogP contribution in [0.4, 0.5) is 5.82 Å². The van der Waals surface area contributed by atoms with Crippen molar-refractivity contribution in [2.75, 3.05) is 12.8 Å². The Kier molecular flexibility index (Phi) is 4.54. The van der Waals surface area contributed by atoms with E-state index >= 15 is 0 Å². The van der Waals surface area contributed by atoms with Crippen LogP contribution in [0.1, 0.15) is 42.6 Å². The van der Waals surface area contributed by atoms with Crippen LogP contribution in [0, 0.1) is 0 Å². The van der Waals surface area contributed by atoms with Crippen LogP contribution in [0.2, 0.25) is 0 Å². The first kappa shape index (κ1) is 14.3. The van der Waals surface area contributed by atoms with E-state index in [0.717, 1.165) is 25.7 Å². The number of hydrogen-bond acceptors (Lipinski definition) is 6. The van der Waals surface area contributed by atoms with Gasteiger partial charge in [-0.05, 0) is 25.7 Å². The van der Waals surface area contributed by atoms with E-state index in [1.54, 1.807) is 0 Å². The monoisotopic (exact) mass is 281 g/mol. The number of nitrogens with zero attached hydrogens (tertiary/aromatic N) is 3. The highest BCUT2D eigenvalue weighted by atomic mass is 16.5. The molecule has 0 aliphatic heterocycles. The Morgan fingerprint density at radius 2 is 2.10 bits per heavy atom. The molecule has 20 heavy (non-hydrogen) atoms. The molecular weight excluding hydrogens is 262 g/mol. The second kappa shape index (κ2) is 6.36. The van der Waals surface area contributed by atoms with Crippen molar-refractivity contribution >= 4 is 17.7 Å². The van der Waals surface area contributed by atoms with Gasteiger partial charge in [0.05, 0.1) is 0 Å². The van der Waals surface area contributed by atoms with Crippen molar-refractivity contribution in [3.05, 3.63) is 5.69 Å². The van der Waals surface area contributed by atoms with Gasteiger partial charge in [0, 0.05) is 7.05 Å². The van der Waals surface area contributed by atoms with Crippen molar-refractivity contribution in [2.45, 2.75) is 44.8 Å². The molecule has 1 aliphatic rings. The summed E-state index contributed by atoms with van der Waals surface area (Å²) in [5, 5.41) is 9.85. The van der Waals surface area contributed by atoms with Crippen LogP contribution in [0.15, 0.2) is 0 Å². The summed E-state index contributed by atoms with van der Waals surface area (Å²) in [6, 6.07) is 0. The van der Waals surface area contributed by atoms with E-state index in [4.69, 9.17) is 10.5 Å². The van der Waals surface area contributed by atoms with Gasteiger partial charge in [0.25, 0.3) is 0 Å². The largest absolute Gasteiger partial charge is 0.458 e. The van der Waals surface area contributed by atoms with E-state index in [2.05, 4.69) is 15.6 Å². The number of anilines is 1. The average Bonchev–Trinajstić information content (AvgIpc) is 2.81. The fourth-order valence-electron chi connectivity index (χ4n) is 2.19. The standard InChI is InChI=1S/C12H19N5O3/c1-14-9(18)7-17-11(13)10(15-16-17)12(19)20-8-5-3-2-4-6-8/h8H,2-7,13H2,1H3,(H,14,18). The summed E-state index contributed by atoms with van der Waals surface area (Å²) in [5.41, 5.74) is 5.74. The lowest BCUT2D eigenvalue weighted by atomic mass is 9.98. The summed E-state index contributed by atoms with van der Waals surface area (Å²) in [6.45, 7) is -0.0773. The molecule has 1 aliphatic carbocycles. The first-order chi connectivity index (χ1) is 9.61. The van der Waals surface area contributed by atoms with Crippen LogP contribution >= 0.6 is 0 Å². The number of nitrogen functional groups attached to an aromatic ring is 1. The first-order valence-electron chi connectivity index (χ1n) is 6.72. The van der Waals surface area contributed by atoms with Crippen molar-refractivity contribution in [3.8, 4) is 0 Å². The van der Waals surface area contributed by atoms with Crippen LogP contribution in [0.5, 0.6) is 0 Å². The molecule has 1 aromatic rings. The van der Waals surface area contributed by atoms with Gasteiger partial charge in [0.15, 0.2) is 5.82 Å². The van der Waals surface area contributed by atoms with Gasteiger partial charge >= 0.3 is 5.97 Å². The molecule has 1 fully saturated rings. The quantitative estimate of drug-likeness (QED) is 0.757. The number of nitrogens with two attached hydrogens (primary N) is 1. The van der Waals surface area contributed by atoms with E-state index < -0.39 is 5.97 Å². The van der Waals surface area contributed by atoms with Gasteiger partial charge in [-0.2, -0.15) is 0 Å². The number of hydrogen-bond donors (Lipinski definition) is 2. The molecule has 1 saturated carbocycles. The van der Waals surface area contributed by atoms with Crippen LogP contribution in [0.3, 0.4) is 0 Å². The zero-order valence-corrected chi connectivity index (χ0v) is 11.5. The topological polar surface area (TPSA) is 112 Å². The maximum atomic E-state index is 12.0. The van der Waals surface area contributed by atoms with Crippen molar-refractivity contribution in [2.24, 2.45) is 0 Å². The second-order valence-corrected chi connectivity index (χ2v) is 4.82. The fraction of sp³-hybridized carbons (Fsp3) is 0.667. The maximum Gasteiger partial charge on any atom is 0.363 e. The first-order valence-corrected chi connectivity index (χ1v) is 6.72. The molecule has 0 saturated heterocycles. The molecule has 0 atom stereocenters. The number of nitrogens with one attached hydrogen (secondary N) is 1. The minimum atomic E-state index is -0.572. The van der Waals surface area contributed by atoms with Gasteiger partial charge < -0.3 is 15.8 Å². The number of likely N-dealkylation sites (N-methyl/N-ethyl adjacent to an activating group) is 1. The zero-order chi connectivity index (χ0) is 14.5. The average molecular weight is 281 g/mol. The highest BCUT2D eigenvalue weighted by Gasteiger charge is 2.24. The van der Waals surface area contributed by atoms with E-state index in [-0.39, 0.29) is 30.1 Å². The Morgan fingerprint density at radius 3 is 2.75 bits per heavy atom. The third-order valence-corrected chi connectivity index (χ3v) is 3.36. The Labute approximate surface area is 116 Å². The SMILES string of the molecule is CNC(=O)Cn1nnc(C(=O)OC2CCCCC2)c1N. The molecule has 0 bridgehead atoms.